The van der Waals surface area contributed by atoms with Crippen LogP contribution in [-0.4, -0.2) is 16.8 Å². The Morgan fingerprint density at radius 2 is 2.35 bits per heavy atom. The highest BCUT2D eigenvalue weighted by atomic mass is 15.2. The number of nitrogens with zero attached hydrogens (tertiary/aromatic N) is 2. The third kappa shape index (κ3) is 2.13. The van der Waals surface area contributed by atoms with E-state index in [9.17, 15) is 0 Å². The van der Waals surface area contributed by atoms with Gasteiger partial charge in [0, 0.05) is 24.8 Å². The summed E-state index contributed by atoms with van der Waals surface area (Å²) in [4.78, 5) is 0. The van der Waals surface area contributed by atoms with Crippen molar-refractivity contribution >= 4 is 0 Å². The quantitative estimate of drug-likeness (QED) is 0.866. The topological polar surface area (TPSA) is 29.9 Å². The first-order valence-corrected chi connectivity index (χ1v) is 6.92. The molecule has 1 N–H and O–H groups in total. The molecule has 0 aromatic carbocycles. The molecule has 0 saturated heterocycles. The molecule has 0 aliphatic heterocycles. The van der Waals surface area contributed by atoms with Gasteiger partial charge in [-0.3, -0.25) is 4.68 Å². The number of rotatable bonds is 4. The highest BCUT2D eigenvalue weighted by Gasteiger charge is 2.40. The maximum absolute atomic E-state index is 4.28. The van der Waals surface area contributed by atoms with Crippen LogP contribution in [0, 0.1) is 17.8 Å². The molecule has 0 radical (unpaired) electrons. The Balaban J connectivity index is 1.66. The molecule has 0 spiro atoms. The van der Waals surface area contributed by atoms with Gasteiger partial charge in [0.25, 0.3) is 0 Å². The zero-order valence-electron chi connectivity index (χ0n) is 10.9. The summed E-state index contributed by atoms with van der Waals surface area (Å²) in [6.07, 6.45) is 11.4. The van der Waals surface area contributed by atoms with E-state index in [1.165, 1.54) is 37.7 Å². The van der Waals surface area contributed by atoms with Gasteiger partial charge in [0.1, 0.15) is 0 Å². The van der Waals surface area contributed by atoms with Crippen molar-refractivity contribution in [3.05, 3.63) is 18.0 Å². The van der Waals surface area contributed by atoms with Crippen LogP contribution in [0.4, 0.5) is 0 Å². The smallest absolute Gasteiger partial charge is 0.0537 e. The molecule has 1 heterocycles. The predicted molar refractivity (Wildman–Crippen MR) is 68.6 cm³/mol. The second-order valence-corrected chi connectivity index (χ2v) is 5.96. The first-order chi connectivity index (χ1) is 8.26. The molecular formula is C14H23N3. The van der Waals surface area contributed by atoms with E-state index in [1.807, 2.05) is 17.9 Å². The van der Waals surface area contributed by atoms with E-state index in [2.05, 4.69) is 23.7 Å². The van der Waals surface area contributed by atoms with Gasteiger partial charge >= 0.3 is 0 Å². The SMILES string of the molecule is CNC(CC1CC2CCC1C2)c1cnn(C)c1. The van der Waals surface area contributed by atoms with Crippen molar-refractivity contribution in [2.24, 2.45) is 24.8 Å². The molecule has 2 saturated carbocycles. The van der Waals surface area contributed by atoms with Crippen LogP contribution in [0.25, 0.3) is 0 Å². The standard InChI is InChI=1S/C14H23N3/c1-15-14(13-8-16-17(2)9-13)7-12-6-10-3-4-11(12)5-10/h8-12,14-15H,3-7H2,1-2H3. The van der Waals surface area contributed by atoms with Crippen LogP contribution in [0.15, 0.2) is 12.4 Å². The minimum absolute atomic E-state index is 0.494. The van der Waals surface area contributed by atoms with Crippen LogP contribution >= 0.6 is 0 Å². The highest BCUT2D eigenvalue weighted by Crippen LogP contribution is 2.50. The molecule has 3 nitrogen and oxygen atoms in total. The molecule has 94 valence electrons. The van der Waals surface area contributed by atoms with Crippen molar-refractivity contribution in [3.8, 4) is 0 Å². The minimum atomic E-state index is 0.494. The van der Waals surface area contributed by atoms with Gasteiger partial charge in [-0.2, -0.15) is 5.10 Å². The number of hydrogen-bond acceptors (Lipinski definition) is 2. The molecule has 3 heteroatoms. The summed E-state index contributed by atoms with van der Waals surface area (Å²) >= 11 is 0. The van der Waals surface area contributed by atoms with Crippen molar-refractivity contribution in [2.75, 3.05) is 7.05 Å². The molecule has 2 aliphatic rings. The lowest BCUT2D eigenvalue weighted by Gasteiger charge is -2.26. The summed E-state index contributed by atoms with van der Waals surface area (Å²) in [6, 6.07) is 0.494. The Morgan fingerprint density at radius 3 is 2.88 bits per heavy atom. The van der Waals surface area contributed by atoms with Crippen molar-refractivity contribution < 1.29 is 0 Å². The van der Waals surface area contributed by atoms with E-state index in [0.29, 0.717) is 6.04 Å². The molecule has 17 heavy (non-hydrogen) atoms. The van der Waals surface area contributed by atoms with Crippen molar-refractivity contribution in [3.63, 3.8) is 0 Å². The monoisotopic (exact) mass is 233 g/mol. The summed E-state index contributed by atoms with van der Waals surface area (Å²) < 4.78 is 1.90. The zero-order valence-corrected chi connectivity index (χ0v) is 10.9. The van der Waals surface area contributed by atoms with Gasteiger partial charge in [-0.1, -0.05) is 6.42 Å². The third-order valence-corrected chi connectivity index (χ3v) is 4.90. The lowest BCUT2D eigenvalue weighted by molar-refractivity contribution is 0.284. The summed E-state index contributed by atoms with van der Waals surface area (Å²) in [5, 5.41) is 7.75. The zero-order chi connectivity index (χ0) is 11.8. The van der Waals surface area contributed by atoms with Crippen LogP contribution in [-0.2, 0) is 7.05 Å². The second kappa shape index (κ2) is 4.45. The van der Waals surface area contributed by atoms with E-state index in [1.54, 1.807) is 0 Å². The van der Waals surface area contributed by atoms with Crippen LogP contribution in [0.3, 0.4) is 0 Å². The van der Waals surface area contributed by atoms with Crippen LogP contribution in [0.1, 0.15) is 43.7 Å². The Labute approximate surface area is 104 Å². The molecule has 0 amide bonds. The molecule has 4 unspecified atom stereocenters. The van der Waals surface area contributed by atoms with Gasteiger partial charge in [0.15, 0.2) is 0 Å². The lowest BCUT2D eigenvalue weighted by Crippen LogP contribution is -2.22. The average Bonchev–Trinajstić information content (AvgIpc) is 3.01. The van der Waals surface area contributed by atoms with E-state index < -0.39 is 0 Å². The number of aryl methyl sites for hydroxylation is 1. The third-order valence-electron chi connectivity index (χ3n) is 4.90. The van der Waals surface area contributed by atoms with Crippen LogP contribution < -0.4 is 5.32 Å². The number of nitrogens with one attached hydrogen (secondary N) is 1. The highest BCUT2D eigenvalue weighted by molar-refractivity contribution is 5.11. The molecular weight excluding hydrogens is 210 g/mol. The van der Waals surface area contributed by atoms with Gasteiger partial charge < -0.3 is 5.32 Å². The fraction of sp³-hybridized carbons (Fsp3) is 0.786. The van der Waals surface area contributed by atoms with Gasteiger partial charge in [-0.05, 0) is 50.5 Å². The molecule has 1 aromatic rings. The average molecular weight is 233 g/mol. The lowest BCUT2D eigenvalue weighted by atomic mass is 9.83. The number of hydrogen-bond donors (Lipinski definition) is 1. The summed E-state index contributed by atoms with van der Waals surface area (Å²) in [5.41, 5.74) is 1.35. The van der Waals surface area contributed by atoms with E-state index in [4.69, 9.17) is 0 Å². The number of aromatic nitrogens is 2. The summed E-state index contributed by atoms with van der Waals surface area (Å²) in [7, 11) is 4.07. The number of fused-ring (bicyclic) bond motifs is 2. The molecule has 4 atom stereocenters. The van der Waals surface area contributed by atoms with Gasteiger partial charge in [0.05, 0.1) is 6.20 Å². The van der Waals surface area contributed by atoms with Gasteiger partial charge in [0.2, 0.25) is 0 Å². The van der Waals surface area contributed by atoms with E-state index >= 15 is 0 Å². The normalized spacial score (nSPS) is 33.2. The Morgan fingerprint density at radius 1 is 1.47 bits per heavy atom. The van der Waals surface area contributed by atoms with Crippen molar-refractivity contribution in [2.45, 2.75) is 38.1 Å². The van der Waals surface area contributed by atoms with Gasteiger partial charge in [-0.15, -0.1) is 0 Å². The van der Waals surface area contributed by atoms with Crippen LogP contribution in [0.5, 0.6) is 0 Å². The maximum Gasteiger partial charge on any atom is 0.0537 e. The minimum Gasteiger partial charge on any atom is -0.313 e. The largest absolute Gasteiger partial charge is 0.313 e. The van der Waals surface area contributed by atoms with E-state index in [-0.39, 0.29) is 0 Å². The molecule has 2 bridgehead atoms. The van der Waals surface area contributed by atoms with Crippen molar-refractivity contribution in [1.82, 2.24) is 15.1 Å². The molecule has 2 fully saturated rings. The Bertz CT molecular complexity index is 385. The van der Waals surface area contributed by atoms with Crippen LogP contribution in [0.2, 0.25) is 0 Å². The molecule has 2 aliphatic carbocycles. The summed E-state index contributed by atoms with van der Waals surface area (Å²) in [6.45, 7) is 0. The predicted octanol–water partition coefficient (Wildman–Crippen LogP) is 2.51. The Hall–Kier alpha value is -0.830. The van der Waals surface area contributed by atoms with Gasteiger partial charge in [-0.25, -0.2) is 0 Å². The van der Waals surface area contributed by atoms with Crippen molar-refractivity contribution in [1.29, 1.82) is 0 Å². The summed E-state index contributed by atoms with van der Waals surface area (Å²) in [5.74, 6) is 3.02. The Kier molecular flexibility index (Phi) is 2.95. The molecule has 1 aromatic heterocycles. The van der Waals surface area contributed by atoms with E-state index in [0.717, 1.165) is 17.8 Å². The maximum atomic E-state index is 4.28. The fourth-order valence-corrected chi connectivity index (χ4v) is 4.01. The first kappa shape index (κ1) is 11.3. The second-order valence-electron chi connectivity index (χ2n) is 5.96. The molecule has 3 rings (SSSR count). The first-order valence-electron chi connectivity index (χ1n) is 6.92. The fourth-order valence-electron chi connectivity index (χ4n) is 4.01.